The van der Waals surface area contributed by atoms with Crippen LogP contribution in [0.1, 0.15) is 11.1 Å². The Morgan fingerprint density at radius 1 is 1.26 bits per heavy atom. The molecular weight excluding hydrogens is 389 g/mol. The predicted molar refractivity (Wildman–Crippen MR) is 106 cm³/mol. The van der Waals surface area contributed by atoms with Gasteiger partial charge in [0.15, 0.2) is 5.82 Å². The number of benzene rings is 2. The Morgan fingerprint density at radius 2 is 1.96 bits per heavy atom. The average molecular weight is 406 g/mol. The van der Waals surface area contributed by atoms with E-state index in [1.165, 1.54) is 16.8 Å². The van der Waals surface area contributed by atoms with Gasteiger partial charge in [0.2, 0.25) is 11.1 Å². The maximum Gasteiger partial charge on any atom is 0.234 e. The van der Waals surface area contributed by atoms with E-state index in [1.807, 2.05) is 19.9 Å². The number of anilines is 1. The molecule has 27 heavy (non-hydrogen) atoms. The minimum Gasteiger partial charge on any atom is -0.335 e. The first-order chi connectivity index (χ1) is 12.8. The monoisotopic (exact) mass is 405 g/mol. The molecule has 1 amide bonds. The van der Waals surface area contributed by atoms with E-state index in [4.69, 9.17) is 17.4 Å². The van der Waals surface area contributed by atoms with Crippen molar-refractivity contribution in [2.24, 2.45) is 0 Å². The second-order valence-electron chi connectivity index (χ2n) is 5.96. The number of nitrogens with two attached hydrogens (primary N) is 1. The van der Waals surface area contributed by atoms with Crippen LogP contribution in [0.25, 0.3) is 11.4 Å². The van der Waals surface area contributed by atoms with Gasteiger partial charge in [-0.25, -0.2) is 9.07 Å². The Balaban J connectivity index is 1.67. The second-order valence-corrected chi connectivity index (χ2v) is 7.31. The molecule has 3 N–H and O–H groups in total. The number of carbonyl (C=O) groups excluding carboxylic acids is 1. The van der Waals surface area contributed by atoms with Crippen molar-refractivity contribution in [3.8, 4) is 11.4 Å². The number of nitrogens with zero attached hydrogens (tertiary/aromatic N) is 3. The molecule has 0 aliphatic rings. The molecule has 140 valence electrons. The lowest BCUT2D eigenvalue weighted by atomic mass is 10.1. The van der Waals surface area contributed by atoms with Crippen molar-refractivity contribution in [2.45, 2.75) is 19.0 Å². The molecule has 9 heteroatoms. The van der Waals surface area contributed by atoms with E-state index in [1.54, 1.807) is 18.2 Å². The summed E-state index contributed by atoms with van der Waals surface area (Å²) in [4.78, 5) is 12.3. The van der Waals surface area contributed by atoms with Crippen LogP contribution in [0.4, 0.5) is 10.1 Å². The first-order valence-electron chi connectivity index (χ1n) is 8.01. The number of nitrogen functional groups attached to an aromatic ring is 1. The first-order valence-corrected chi connectivity index (χ1v) is 9.37. The van der Waals surface area contributed by atoms with E-state index >= 15 is 0 Å². The van der Waals surface area contributed by atoms with Gasteiger partial charge in [-0.3, -0.25) is 4.79 Å². The Morgan fingerprint density at radius 3 is 2.63 bits per heavy atom. The summed E-state index contributed by atoms with van der Waals surface area (Å²) in [6, 6.07) is 9.50. The summed E-state index contributed by atoms with van der Waals surface area (Å²) in [6.07, 6.45) is 0. The lowest BCUT2D eigenvalue weighted by Crippen LogP contribution is -2.17. The van der Waals surface area contributed by atoms with E-state index in [-0.39, 0.29) is 17.5 Å². The SMILES string of the molecule is Cc1cc(C)c(NC(=O)CSc2nnc(-c3ccc(F)cc3)n2N)c(Cl)c1. The molecule has 0 aliphatic heterocycles. The Bertz CT molecular complexity index is 967. The molecule has 0 saturated carbocycles. The summed E-state index contributed by atoms with van der Waals surface area (Å²) in [6.45, 7) is 3.82. The Kier molecular flexibility index (Phi) is 5.67. The van der Waals surface area contributed by atoms with Crippen LogP contribution < -0.4 is 11.2 Å². The van der Waals surface area contributed by atoms with E-state index in [0.29, 0.717) is 27.3 Å². The molecule has 1 heterocycles. The summed E-state index contributed by atoms with van der Waals surface area (Å²) in [5, 5.41) is 11.7. The molecular formula is C18H17ClFN5OS. The maximum absolute atomic E-state index is 13.0. The molecule has 0 atom stereocenters. The van der Waals surface area contributed by atoms with Crippen LogP contribution in [0.15, 0.2) is 41.6 Å². The third kappa shape index (κ3) is 4.40. The number of aryl methyl sites for hydroxylation is 2. The van der Waals surface area contributed by atoms with E-state index in [0.717, 1.165) is 22.9 Å². The van der Waals surface area contributed by atoms with Gasteiger partial charge in [0, 0.05) is 5.56 Å². The summed E-state index contributed by atoms with van der Waals surface area (Å²) in [5.74, 6) is 5.89. The van der Waals surface area contributed by atoms with Crippen molar-refractivity contribution in [3.63, 3.8) is 0 Å². The van der Waals surface area contributed by atoms with Crippen molar-refractivity contribution in [3.05, 3.63) is 58.4 Å². The van der Waals surface area contributed by atoms with Gasteiger partial charge < -0.3 is 11.2 Å². The van der Waals surface area contributed by atoms with Gasteiger partial charge in [-0.2, -0.15) is 0 Å². The zero-order valence-electron chi connectivity index (χ0n) is 14.7. The third-order valence-electron chi connectivity index (χ3n) is 3.80. The number of hydrogen-bond acceptors (Lipinski definition) is 5. The van der Waals surface area contributed by atoms with Gasteiger partial charge >= 0.3 is 0 Å². The van der Waals surface area contributed by atoms with Crippen LogP contribution in [-0.4, -0.2) is 26.5 Å². The minimum absolute atomic E-state index is 0.0857. The van der Waals surface area contributed by atoms with Gasteiger partial charge in [0.25, 0.3) is 0 Å². The summed E-state index contributed by atoms with van der Waals surface area (Å²) in [5.41, 5.74) is 3.13. The van der Waals surface area contributed by atoms with Crippen LogP contribution in [0.5, 0.6) is 0 Å². The number of nitrogens with one attached hydrogen (secondary N) is 1. The van der Waals surface area contributed by atoms with Crippen molar-refractivity contribution in [2.75, 3.05) is 16.9 Å². The normalized spacial score (nSPS) is 10.8. The zero-order valence-corrected chi connectivity index (χ0v) is 16.2. The highest BCUT2D eigenvalue weighted by molar-refractivity contribution is 7.99. The zero-order chi connectivity index (χ0) is 19.6. The molecule has 0 spiro atoms. The van der Waals surface area contributed by atoms with Crippen LogP contribution in [0.2, 0.25) is 5.02 Å². The standard InChI is InChI=1S/C18H17ClFN5OS/c1-10-7-11(2)16(14(19)8-10)22-15(26)9-27-18-24-23-17(25(18)21)12-3-5-13(20)6-4-12/h3-8H,9,21H2,1-2H3,(H,22,26). The Hall–Kier alpha value is -2.58. The molecule has 0 unspecified atom stereocenters. The first kappa shape index (κ1) is 19.2. The van der Waals surface area contributed by atoms with Crippen LogP contribution in [0, 0.1) is 19.7 Å². The molecule has 0 saturated heterocycles. The van der Waals surface area contributed by atoms with Crippen molar-refractivity contribution < 1.29 is 9.18 Å². The fraction of sp³-hybridized carbons (Fsp3) is 0.167. The highest BCUT2D eigenvalue weighted by Crippen LogP contribution is 2.28. The van der Waals surface area contributed by atoms with E-state index < -0.39 is 0 Å². The highest BCUT2D eigenvalue weighted by Gasteiger charge is 2.15. The molecule has 1 aromatic heterocycles. The molecule has 2 aromatic carbocycles. The summed E-state index contributed by atoms with van der Waals surface area (Å²) < 4.78 is 14.3. The molecule has 3 aromatic rings. The van der Waals surface area contributed by atoms with Gasteiger partial charge in [-0.15, -0.1) is 10.2 Å². The van der Waals surface area contributed by atoms with E-state index in [2.05, 4.69) is 15.5 Å². The Labute approximate surface area is 164 Å². The number of amides is 1. The summed E-state index contributed by atoms with van der Waals surface area (Å²) in [7, 11) is 0. The van der Waals surface area contributed by atoms with Gasteiger partial charge in [0.05, 0.1) is 16.5 Å². The van der Waals surface area contributed by atoms with Crippen LogP contribution >= 0.6 is 23.4 Å². The number of rotatable bonds is 5. The van der Waals surface area contributed by atoms with Crippen molar-refractivity contribution in [1.29, 1.82) is 0 Å². The molecule has 3 rings (SSSR count). The van der Waals surface area contributed by atoms with Gasteiger partial charge in [-0.05, 0) is 55.3 Å². The highest BCUT2D eigenvalue weighted by atomic mass is 35.5. The van der Waals surface area contributed by atoms with Gasteiger partial charge in [-0.1, -0.05) is 29.4 Å². The predicted octanol–water partition coefficient (Wildman–Crippen LogP) is 3.80. The number of carbonyl (C=O) groups is 1. The number of aromatic nitrogens is 3. The average Bonchev–Trinajstić information content (AvgIpc) is 2.98. The lowest BCUT2D eigenvalue weighted by Gasteiger charge is -2.11. The second kappa shape index (κ2) is 7.98. The molecule has 0 aliphatic carbocycles. The van der Waals surface area contributed by atoms with Gasteiger partial charge in [0.1, 0.15) is 5.82 Å². The molecule has 0 fully saturated rings. The van der Waals surface area contributed by atoms with Crippen LogP contribution in [0.3, 0.4) is 0 Å². The number of halogens is 2. The smallest absolute Gasteiger partial charge is 0.234 e. The number of hydrogen-bond donors (Lipinski definition) is 2. The van der Waals surface area contributed by atoms with Crippen molar-refractivity contribution >= 4 is 35.0 Å². The minimum atomic E-state index is -0.349. The topological polar surface area (TPSA) is 85.8 Å². The molecule has 0 radical (unpaired) electrons. The fourth-order valence-corrected chi connectivity index (χ4v) is 3.58. The van der Waals surface area contributed by atoms with Crippen LogP contribution in [-0.2, 0) is 4.79 Å². The summed E-state index contributed by atoms with van der Waals surface area (Å²) >= 11 is 7.35. The molecule has 6 nitrogen and oxygen atoms in total. The molecule has 0 bridgehead atoms. The third-order valence-corrected chi connectivity index (χ3v) is 5.04. The number of thioether (sulfide) groups is 1. The largest absolute Gasteiger partial charge is 0.335 e. The fourth-order valence-electron chi connectivity index (χ4n) is 2.55. The maximum atomic E-state index is 13.0. The van der Waals surface area contributed by atoms with E-state index in [9.17, 15) is 9.18 Å². The van der Waals surface area contributed by atoms with Crippen molar-refractivity contribution in [1.82, 2.24) is 14.9 Å². The lowest BCUT2D eigenvalue weighted by molar-refractivity contribution is -0.113. The quantitative estimate of drug-likeness (QED) is 0.498.